The first-order valence-electron chi connectivity index (χ1n) is 8.36. The van der Waals surface area contributed by atoms with Crippen LogP contribution in [0.1, 0.15) is 22.3 Å². The molecule has 0 saturated carbocycles. The van der Waals surface area contributed by atoms with Crippen LogP contribution in [0.2, 0.25) is 0 Å². The highest BCUT2D eigenvalue weighted by Gasteiger charge is 2.51. The van der Waals surface area contributed by atoms with E-state index in [4.69, 9.17) is 4.74 Å². The van der Waals surface area contributed by atoms with E-state index >= 15 is 0 Å². The summed E-state index contributed by atoms with van der Waals surface area (Å²) in [6, 6.07) is 10.5. The van der Waals surface area contributed by atoms with Gasteiger partial charge in [0.2, 0.25) is 0 Å². The number of carbonyl (C=O) groups is 1. The van der Waals surface area contributed by atoms with Crippen LogP contribution >= 0.6 is 11.8 Å². The third kappa shape index (κ3) is 3.50. The molecule has 1 spiro atoms. The van der Waals surface area contributed by atoms with E-state index in [1.807, 2.05) is 28.8 Å². The van der Waals surface area contributed by atoms with Gasteiger partial charge in [-0.05, 0) is 42.3 Å². The highest BCUT2D eigenvalue weighted by Crippen LogP contribution is 2.46. The Morgan fingerprint density at radius 1 is 1.32 bits per heavy atom. The number of ether oxygens (including phenoxy) is 1. The molecule has 2 aliphatic heterocycles. The van der Waals surface area contributed by atoms with Crippen molar-refractivity contribution in [2.45, 2.75) is 23.9 Å². The smallest absolute Gasteiger partial charge is 0.254 e. The number of likely N-dealkylation sites (tertiary alicyclic amines) is 1. The summed E-state index contributed by atoms with van der Waals surface area (Å²) in [6.07, 6.45) is 4.77. The predicted molar refractivity (Wildman–Crippen MR) is 96.6 cm³/mol. The Bertz CT molecular complexity index is 762. The van der Waals surface area contributed by atoms with Crippen LogP contribution in [0, 0.1) is 0 Å². The van der Waals surface area contributed by atoms with Crippen LogP contribution in [0.4, 0.5) is 0 Å². The molecule has 1 amide bonds. The zero-order valence-electron chi connectivity index (χ0n) is 13.8. The molecule has 1 unspecified atom stereocenters. The van der Waals surface area contributed by atoms with E-state index in [0.29, 0.717) is 12.2 Å². The van der Waals surface area contributed by atoms with Gasteiger partial charge in [-0.1, -0.05) is 6.07 Å². The zero-order chi connectivity index (χ0) is 17.3. The van der Waals surface area contributed by atoms with Crippen LogP contribution in [0.5, 0.6) is 5.75 Å². The lowest BCUT2D eigenvalue weighted by atomic mass is 9.92. The lowest BCUT2D eigenvalue weighted by Crippen LogP contribution is -2.60. The molecule has 2 aromatic rings. The summed E-state index contributed by atoms with van der Waals surface area (Å²) in [6.45, 7) is 2.11. The van der Waals surface area contributed by atoms with Crippen molar-refractivity contribution in [3.63, 3.8) is 0 Å². The molecule has 130 valence electrons. The van der Waals surface area contributed by atoms with Gasteiger partial charge in [0, 0.05) is 36.8 Å². The van der Waals surface area contributed by atoms with Gasteiger partial charge >= 0.3 is 0 Å². The van der Waals surface area contributed by atoms with Crippen LogP contribution in [-0.4, -0.2) is 50.6 Å². The van der Waals surface area contributed by atoms with Gasteiger partial charge < -0.3 is 14.7 Å². The van der Waals surface area contributed by atoms with E-state index in [2.05, 4.69) is 4.98 Å². The van der Waals surface area contributed by atoms with Crippen molar-refractivity contribution in [3.8, 4) is 5.75 Å². The first-order valence-corrected chi connectivity index (χ1v) is 9.35. The fourth-order valence-electron chi connectivity index (χ4n) is 3.44. The van der Waals surface area contributed by atoms with Crippen molar-refractivity contribution in [3.05, 3.63) is 59.9 Å². The minimum Gasteiger partial charge on any atom is -0.508 e. The molecule has 3 heterocycles. The van der Waals surface area contributed by atoms with Crippen LogP contribution in [0.3, 0.4) is 0 Å². The Balaban J connectivity index is 1.29. The average molecular weight is 356 g/mol. The van der Waals surface area contributed by atoms with Gasteiger partial charge in [-0.15, -0.1) is 11.8 Å². The maximum Gasteiger partial charge on any atom is 0.254 e. The monoisotopic (exact) mass is 356 g/mol. The molecule has 1 N–H and O–H groups in total. The molecule has 1 aromatic heterocycles. The minimum absolute atomic E-state index is 0.0109. The number of pyridine rings is 1. The number of aromatic nitrogens is 1. The molecule has 25 heavy (non-hydrogen) atoms. The van der Waals surface area contributed by atoms with E-state index in [-0.39, 0.29) is 22.5 Å². The number of nitrogens with zero attached hydrogens (tertiary/aromatic N) is 2. The van der Waals surface area contributed by atoms with Crippen molar-refractivity contribution < 1.29 is 14.6 Å². The summed E-state index contributed by atoms with van der Waals surface area (Å²) in [7, 11) is 0. The highest BCUT2D eigenvalue weighted by atomic mass is 32.2. The minimum atomic E-state index is -0.0109. The van der Waals surface area contributed by atoms with Gasteiger partial charge in [0.05, 0.1) is 17.5 Å². The third-order valence-electron chi connectivity index (χ3n) is 4.75. The Morgan fingerprint density at radius 2 is 2.12 bits per heavy atom. The number of amides is 1. The molecular weight excluding hydrogens is 336 g/mol. The van der Waals surface area contributed by atoms with Crippen LogP contribution in [-0.2, 0) is 11.3 Å². The second-order valence-electron chi connectivity index (χ2n) is 6.70. The number of carbonyl (C=O) groups excluding carboxylic acids is 1. The second-order valence-corrected chi connectivity index (χ2v) is 8.19. The van der Waals surface area contributed by atoms with Crippen LogP contribution < -0.4 is 0 Å². The van der Waals surface area contributed by atoms with Crippen molar-refractivity contribution >= 4 is 17.7 Å². The standard InChI is InChI=1S/C19H20N2O3S/c22-16-3-1-2-15(8-16)18(23)21-12-19(13-21)9-17(11-25-19)24-10-14-4-6-20-7-5-14/h1-8,17,22H,9-13H2. The Labute approximate surface area is 151 Å². The maximum absolute atomic E-state index is 12.5. The SMILES string of the molecule is O=C(c1cccc(O)c1)N1CC2(CC(OCc3ccncc3)CS2)C1. The van der Waals surface area contributed by atoms with E-state index in [0.717, 1.165) is 30.8 Å². The average Bonchev–Trinajstić information content (AvgIpc) is 3.04. The quantitative estimate of drug-likeness (QED) is 0.913. The molecular formula is C19H20N2O3S. The Kier molecular flexibility index (Phi) is 4.39. The van der Waals surface area contributed by atoms with Crippen molar-refractivity contribution in [1.29, 1.82) is 0 Å². The van der Waals surface area contributed by atoms with Crippen LogP contribution in [0.15, 0.2) is 48.8 Å². The van der Waals surface area contributed by atoms with Gasteiger partial charge in [-0.3, -0.25) is 9.78 Å². The van der Waals surface area contributed by atoms with E-state index in [1.165, 1.54) is 6.07 Å². The highest BCUT2D eigenvalue weighted by molar-refractivity contribution is 8.01. The molecule has 1 atom stereocenters. The molecule has 2 fully saturated rings. The lowest BCUT2D eigenvalue weighted by Gasteiger charge is -2.47. The number of thioether (sulfide) groups is 1. The first kappa shape index (κ1) is 16.4. The largest absolute Gasteiger partial charge is 0.508 e. The molecule has 0 radical (unpaired) electrons. The van der Waals surface area contributed by atoms with Gasteiger partial charge in [0.25, 0.3) is 5.91 Å². The fraction of sp³-hybridized carbons (Fsp3) is 0.368. The molecule has 2 aliphatic rings. The number of aromatic hydroxyl groups is 1. The number of hydrogen-bond acceptors (Lipinski definition) is 5. The van der Waals surface area contributed by atoms with E-state index in [9.17, 15) is 9.90 Å². The number of rotatable bonds is 4. The number of phenolic OH excluding ortho intramolecular Hbond substituents is 1. The maximum atomic E-state index is 12.5. The summed E-state index contributed by atoms with van der Waals surface area (Å²) in [5.41, 5.74) is 1.68. The first-order chi connectivity index (χ1) is 12.1. The summed E-state index contributed by atoms with van der Waals surface area (Å²) in [4.78, 5) is 18.3. The summed E-state index contributed by atoms with van der Waals surface area (Å²) >= 11 is 1.91. The molecule has 5 nitrogen and oxygen atoms in total. The Hall–Kier alpha value is -2.05. The van der Waals surface area contributed by atoms with Crippen LogP contribution in [0.25, 0.3) is 0 Å². The normalized spacial score (nSPS) is 21.3. The topological polar surface area (TPSA) is 62.7 Å². The summed E-state index contributed by atoms with van der Waals surface area (Å²) in [5.74, 6) is 1.09. The molecule has 2 saturated heterocycles. The van der Waals surface area contributed by atoms with Crippen molar-refractivity contribution in [1.82, 2.24) is 9.88 Å². The van der Waals surface area contributed by atoms with Gasteiger partial charge in [-0.2, -0.15) is 0 Å². The van der Waals surface area contributed by atoms with Crippen molar-refractivity contribution in [2.75, 3.05) is 18.8 Å². The second kappa shape index (κ2) is 6.69. The predicted octanol–water partition coefficient (Wildman–Crippen LogP) is 2.70. The number of hydrogen-bond donors (Lipinski definition) is 1. The molecule has 6 heteroatoms. The lowest BCUT2D eigenvalue weighted by molar-refractivity contribution is 0.0255. The third-order valence-corrected chi connectivity index (χ3v) is 6.32. The number of benzene rings is 1. The number of phenols is 1. The molecule has 0 bridgehead atoms. The summed E-state index contributed by atoms with van der Waals surface area (Å²) in [5, 5.41) is 9.53. The molecule has 4 rings (SSSR count). The van der Waals surface area contributed by atoms with E-state index in [1.54, 1.807) is 30.6 Å². The molecule has 0 aliphatic carbocycles. The van der Waals surface area contributed by atoms with Gasteiger partial charge in [0.15, 0.2) is 0 Å². The summed E-state index contributed by atoms with van der Waals surface area (Å²) < 4.78 is 6.17. The van der Waals surface area contributed by atoms with E-state index < -0.39 is 0 Å². The zero-order valence-corrected chi connectivity index (χ0v) is 14.6. The van der Waals surface area contributed by atoms with Crippen molar-refractivity contribution in [2.24, 2.45) is 0 Å². The van der Waals surface area contributed by atoms with Gasteiger partial charge in [0.1, 0.15) is 5.75 Å². The fourth-order valence-corrected chi connectivity index (χ4v) is 4.99. The Morgan fingerprint density at radius 3 is 2.88 bits per heavy atom. The van der Waals surface area contributed by atoms with Gasteiger partial charge in [-0.25, -0.2) is 0 Å². The molecule has 1 aromatic carbocycles.